The van der Waals surface area contributed by atoms with Crippen molar-refractivity contribution in [2.24, 2.45) is 0 Å². The van der Waals surface area contributed by atoms with Gasteiger partial charge < -0.3 is 14.3 Å². The lowest BCUT2D eigenvalue weighted by atomic mass is 9.86. The number of aryl methyl sites for hydroxylation is 1. The second kappa shape index (κ2) is 6.72. The summed E-state index contributed by atoms with van der Waals surface area (Å²) in [5.41, 5.74) is 3.61. The van der Waals surface area contributed by atoms with E-state index in [1.807, 2.05) is 6.07 Å². The highest BCUT2D eigenvalue weighted by molar-refractivity contribution is 5.98. The van der Waals surface area contributed by atoms with Gasteiger partial charge in [-0.05, 0) is 31.4 Å². The lowest BCUT2D eigenvalue weighted by molar-refractivity contribution is 0.0515. The van der Waals surface area contributed by atoms with E-state index in [2.05, 4.69) is 11.2 Å². The molecule has 7 nitrogen and oxygen atoms in total. The van der Waals surface area contributed by atoms with Gasteiger partial charge in [0, 0.05) is 31.1 Å². The van der Waals surface area contributed by atoms with E-state index in [0.717, 1.165) is 24.1 Å². The molecule has 0 bridgehead atoms. The van der Waals surface area contributed by atoms with E-state index in [-0.39, 0.29) is 18.0 Å². The standard InChI is InChI=1S/C21H24N4O3/c1-13-16(12-28-23-13)20(26)24-9-10-25-18(24)11-15-7-8-17(22-19(15)21(25)27)14-5-3-2-4-6-14/h7-8,12,14,18H,2-6,9-11H2,1H3. The second-order valence-electron chi connectivity index (χ2n) is 8.07. The van der Waals surface area contributed by atoms with Crippen LogP contribution < -0.4 is 0 Å². The van der Waals surface area contributed by atoms with Gasteiger partial charge in [0.1, 0.15) is 23.7 Å². The smallest absolute Gasteiger partial charge is 0.274 e. The Bertz CT molecular complexity index is 931. The molecule has 0 aromatic carbocycles. The van der Waals surface area contributed by atoms with E-state index in [4.69, 9.17) is 9.51 Å². The van der Waals surface area contributed by atoms with Gasteiger partial charge in [-0.3, -0.25) is 9.59 Å². The lowest BCUT2D eigenvalue weighted by Gasteiger charge is -2.34. The summed E-state index contributed by atoms with van der Waals surface area (Å²) in [7, 11) is 0. The van der Waals surface area contributed by atoms with E-state index in [1.54, 1.807) is 16.7 Å². The molecule has 2 aromatic rings. The van der Waals surface area contributed by atoms with Crippen molar-refractivity contribution in [3.63, 3.8) is 0 Å². The average molecular weight is 380 g/mol. The minimum atomic E-state index is -0.260. The molecule has 1 unspecified atom stereocenters. The van der Waals surface area contributed by atoms with Crippen LogP contribution in [0.2, 0.25) is 0 Å². The van der Waals surface area contributed by atoms with Gasteiger partial charge in [0.25, 0.3) is 11.8 Å². The van der Waals surface area contributed by atoms with Crippen molar-refractivity contribution in [1.29, 1.82) is 0 Å². The minimum Gasteiger partial charge on any atom is -0.364 e. The molecule has 0 N–H and O–H groups in total. The molecule has 1 saturated heterocycles. The van der Waals surface area contributed by atoms with Crippen molar-refractivity contribution in [2.75, 3.05) is 13.1 Å². The van der Waals surface area contributed by atoms with Crippen LogP contribution in [0.25, 0.3) is 0 Å². The van der Waals surface area contributed by atoms with E-state index < -0.39 is 0 Å². The quantitative estimate of drug-likeness (QED) is 0.800. The number of carbonyl (C=O) groups is 2. The van der Waals surface area contributed by atoms with Gasteiger partial charge in [-0.2, -0.15) is 0 Å². The molecule has 0 radical (unpaired) electrons. The maximum absolute atomic E-state index is 13.1. The summed E-state index contributed by atoms with van der Waals surface area (Å²) in [4.78, 5) is 34.4. The Labute approximate surface area is 163 Å². The van der Waals surface area contributed by atoms with Crippen LogP contribution in [-0.4, -0.2) is 51.0 Å². The zero-order chi connectivity index (χ0) is 19.3. The summed E-state index contributed by atoms with van der Waals surface area (Å²) in [5.74, 6) is 0.285. The molecule has 0 spiro atoms. The summed E-state index contributed by atoms with van der Waals surface area (Å²) in [5, 5.41) is 3.81. The third-order valence-electron chi connectivity index (χ3n) is 6.43. The first-order chi connectivity index (χ1) is 13.6. The Morgan fingerprint density at radius 2 is 2.00 bits per heavy atom. The third kappa shape index (κ3) is 2.72. The molecule has 3 aliphatic rings. The summed E-state index contributed by atoms with van der Waals surface area (Å²) < 4.78 is 4.92. The van der Waals surface area contributed by atoms with Gasteiger partial charge in [-0.15, -0.1) is 0 Å². The van der Waals surface area contributed by atoms with Crippen molar-refractivity contribution in [2.45, 2.75) is 57.5 Å². The van der Waals surface area contributed by atoms with E-state index >= 15 is 0 Å². The highest BCUT2D eigenvalue weighted by Crippen LogP contribution is 2.34. The van der Waals surface area contributed by atoms with Crippen LogP contribution in [0.15, 0.2) is 22.9 Å². The number of hydrogen-bond acceptors (Lipinski definition) is 5. The van der Waals surface area contributed by atoms with E-state index in [0.29, 0.717) is 42.4 Å². The van der Waals surface area contributed by atoms with Crippen LogP contribution in [0, 0.1) is 6.92 Å². The number of hydrogen-bond donors (Lipinski definition) is 0. The molecule has 2 aromatic heterocycles. The molecule has 2 aliphatic heterocycles. The molecule has 28 heavy (non-hydrogen) atoms. The molecule has 4 heterocycles. The fourth-order valence-electron chi connectivity index (χ4n) is 4.84. The van der Waals surface area contributed by atoms with Crippen molar-refractivity contribution in [3.05, 3.63) is 46.6 Å². The Balaban J connectivity index is 1.42. The van der Waals surface area contributed by atoms with Crippen LogP contribution in [0.4, 0.5) is 0 Å². The Morgan fingerprint density at radius 1 is 1.18 bits per heavy atom. The predicted molar refractivity (Wildman–Crippen MR) is 101 cm³/mol. The molecule has 7 heteroatoms. The summed E-state index contributed by atoms with van der Waals surface area (Å²) in [6.45, 7) is 2.81. The molecular formula is C21H24N4O3. The van der Waals surface area contributed by atoms with Crippen LogP contribution in [0.1, 0.15) is 75.8 Å². The van der Waals surface area contributed by atoms with Gasteiger partial charge in [0.15, 0.2) is 0 Å². The third-order valence-corrected chi connectivity index (χ3v) is 6.43. The van der Waals surface area contributed by atoms with Gasteiger partial charge in [0.05, 0.1) is 5.69 Å². The number of fused-ring (bicyclic) bond motifs is 2. The minimum absolute atomic E-state index is 0.0544. The second-order valence-corrected chi connectivity index (χ2v) is 8.07. The Hall–Kier alpha value is -2.70. The first-order valence-electron chi connectivity index (χ1n) is 10.2. The number of rotatable bonds is 2. The average Bonchev–Trinajstić information content (AvgIpc) is 3.34. The Kier molecular flexibility index (Phi) is 4.18. The van der Waals surface area contributed by atoms with Crippen LogP contribution in [0.5, 0.6) is 0 Å². The van der Waals surface area contributed by atoms with Gasteiger partial charge in [-0.1, -0.05) is 30.5 Å². The molecule has 1 saturated carbocycles. The molecule has 2 amide bonds. The van der Waals surface area contributed by atoms with Crippen LogP contribution in [0.3, 0.4) is 0 Å². The first-order valence-corrected chi connectivity index (χ1v) is 10.2. The number of carbonyl (C=O) groups excluding carboxylic acids is 2. The van der Waals surface area contributed by atoms with Crippen molar-refractivity contribution in [1.82, 2.24) is 19.9 Å². The monoisotopic (exact) mass is 380 g/mol. The molecular weight excluding hydrogens is 356 g/mol. The first kappa shape index (κ1) is 17.4. The Morgan fingerprint density at radius 3 is 2.75 bits per heavy atom. The molecule has 1 aliphatic carbocycles. The number of amides is 2. The highest BCUT2D eigenvalue weighted by atomic mass is 16.5. The van der Waals surface area contributed by atoms with E-state index in [9.17, 15) is 9.59 Å². The van der Waals surface area contributed by atoms with Crippen molar-refractivity contribution >= 4 is 11.8 Å². The largest absolute Gasteiger partial charge is 0.364 e. The topological polar surface area (TPSA) is 79.5 Å². The maximum Gasteiger partial charge on any atom is 0.274 e. The van der Waals surface area contributed by atoms with E-state index in [1.165, 1.54) is 25.5 Å². The molecule has 5 rings (SSSR count). The van der Waals surface area contributed by atoms with Gasteiger partial charge >= 0.3 is 0 Å². The normalized spacial score (nSPS) is 22.3. The van der Waals surface area contributed by atoms with Crippen molar-refractivity contribution < 1.29 is 14.1 Å². The number of nitrogens with zero attached hydrogens (tertiary/aromatic N) is 4. The SMILES string of the molecule is Cc1nocc1C(=O)N1CCN2C(=O)c3nc(C4CCCCC4)ccc3CC12. The lowest BCUT2D eigenvalue weighted by Crippen LogP contribution is -2.49. The van der Waals surface area contributed by atoms with Gasteiger partial charge in [0.2, 0.25) is 0 Å². The highest BCUT2D eigenvalue weighted by Gasteiger charge is 2.43. The summed E-state index contributed by atoms with van der Waals surface area (Å²) in [6.07, 6.45) is 7.84. The fraction of sp³-hybridized carbons (Fsp3) is 0.524. The van der Waals surface area contributed by atoms with Crippen molar-refractivity contribution in [3.8, 4) is 0 Å². The summed E-state index contributed by atoms with van der Waals surface area (Å²) >= 11 is 0. The van der Waals surface area contributed by atoms with Crippen LogP contribution in [-0.2, 0) is 6.42 Å². The summed E-state index contributed by atoms with van der Waals surface area (Å²) in [6, 6.07) is 4.14. The fourth-order valence-corrected chi connectivity index (χ4v) is 4.84. The molecule has 2 fully saturated rings. The molecule has 146 valence electrons. The zero-order valence-electron chi connectivity index (χ0n) is 16.1. The zero-order valence-corrected chi connectivity index (χ0v) is 16.1. The maximum atomic E-state index is 13.1. The molecule has 1 atom stereocenters. The number of aromatic nitrogens is 2. The van der Waals surface area contributed by atoms with Crippen LogP contribution >= 0.6 is 0 Å². The predicted octanol–water partition coefficient (Wildman–Crippen LogP) is 2.91. The van der Waals surface area contributed by atoms with Gasteiger partial charge in [-0.25, -0.2) is 4.98 Å². The number of pyridine rings is 1.